The molecule has 8 heteroatoms. The number of aliphatic hydroxyl groups excluding tert-OH is 1. The first kappa shape index (κ1) is 27.0. The van der Waals surface area contributed by atoms with Crippen molar-refractivity contribution in [3.05, 3.63) is 65.2 Å². The molecule has 0 aromatic heterocycles. The third-order valence-corrected chi connectivity index (χ3v) is 7.43. The normalized spacial score (nSPS) is 15.4. The zero-order chi connectivity index (χ0) is 25.0. The van der Waals surface area contributed by atoms with Gasteiger partial charge in [0.1, 0.15) is 19.0 Å². The van der Waals surface area contributed by atoms with Crippen LogP contribution in [0.25, 0.3) is 0 Å². The molecule has 2 atom stereocenters. The number of para-hydroxylation sites is 1. The van der Waals surface area contributed by atoms with Crippen molar-refractivity contribution in [2.45, 2.75) is 49.6 Å². The van der Waals surface area contributed by atoms with Gasteiger partial charge in [-0.25, -0.2) is 4.79 Å². The molecule has 7 nitrogen and oxygen atoms in total. The first-order valence-corrected chi connectivity index (χ1v) is 12.9. The standard InChI is InChI=1S/C27H34O7S/c1-31-24(29)17-33-16-23(28)27(35-18-25(30)32-2)22-14-8-13-21(20-11-6-7-12-20)26(22)34-15-19-9-4-3-5-10-19/h3-5,8-10,13-14,20,23,27-28H,6-7,11-12,15-18H2,1-2H3. The summed E-state index contributed by atoms with van der Waals surface area (Å²) in [5, 5.41) is 10.6. The predicted octanol–water partition coefficient (Wildman–Crippen LogP) is 4.42. The van der Waals surface area contributed by atoms with Gasteiger partial charge in [-0.15, -0.1) is 11.8 Å². The zero-order valence-corrected chi connectivity index (χ0v) is 21.1. The second kappa shape index (κ2) is 14.1. The average molecular weight is 503 g/mol. The van der Waals surface area contributed by atoms with Crippen LogP contribution in [0, 0.1) is 0 Å². The molecule has 0 bridgehead atoms. The van der Waals surface area contributed by atoms with Gasteiger partial charge < -0.3 is 24.1 Å². The maximum Gasteiger partial charge on any atom is 0.331 e. The Balaban J connectivity index is 1.91. The Morgan fingerprint density at radius 2 is 1.71 bits per heavy atom. The van der Waals surface area contributed by atoms with E-state index in [2.05, 4.69) is 10.8 Å². The second-order valence-corrected chi connectivity index (χ2v) is 9.62. The van der Waals surface area contributed by atoms with Crippen molar-refractivity contribution >= 4 is 23.7 Å². The van der Waals surface area contributed by atoms with E-state index in [0.29, 0.717) is 12.5 Å². The van der Waals surface area contributed by atoms with Crippen LogP contribution in [0.1, 0.15) is 53.5 Å². The number of carbonyl (C=O) groups is 2. The molecule has 35 heavy (non-hydrogen) atoms. The van der Waals surface area contributed by atoms with E-state index in [9.17, 15) is 14.7 Å². The van der Waals surface area contributed by atoms with Gasteiger partial charge in [0.25, 0.3) is 0 Å². The van der Waals surface area contributed by atoms with Crippen molar-refractivity contribution in [2.24, 2.45) is 0 Å². The molecule has 1 N–H and O–H groups in total. The summed E-state index contributed by atoms with van der Waals surface area (Å²) in [6, 6.07) is 15.9. The summed E-state index contributed by atoms with van der Waals surface area (Å²) in [5.41, 5.74) is 2.97. The molecule has 3 rings (SSSR count). The van der Waals surface area contributed by atoms with Gasteiger partial charge in [-0.3, -0.25) is 4.79 Å². The molecule has 2 aromatic rings. The maximum atomic E-state index is 11.9. The molecule has 0 aliphatic heterocycles. The number of benzene rings is 2. The Morgan fingerprint density at radius 1 is 1.00 bits per heavy atom. The van der Waals surface area contributed by atoms with E-state index in [4.69, 9.17) is 14.2 Å². The van der Waals surface area contributed by atoms with Crippen LogP contribution in [0.2, 0.25) is 0 Å². The fourth-order valence-corrected chi connectivity index (χ4v) is 5.39. The minimum atomic E-state index is -0.993. The highest BCUT2D eigenvalue weighted by Gasteiger charge is 2.30. The maximum absolute atomic E-state index is 11.9. The summed E-state index contributed by atoms with van der Waals surface area (Å²) in [6.45, 7) is 0.0298. The molecule has 1 aliphatic rings. The van der Waals surface area contributed by atoms with Crippen molar-refractivity contribution < 1.29 is 33.6 Å². The number of thioether (sulfide) groups is 1. The molecule has 0 spiro atoms. The molecule has 2 unspecified atom stereocenters. The second-order valence-electron chi connectivity index (χ2n) is 8.49. The lowest BCUT2D eigenvalue weighted by Gasteiger charge is -2.27. The van der Waals surface area contributed by atoms with Crippen LogP contribution in [0.5, 0.6) is 5.75 Å². The number of rotatable bonds is 13. The lowest BCUT2D eigenvalue weighted by molar-refractivity contribution is -0.146. The van der Waals surface area contributed by atoms with Crippen LogP contribution in [-0.2, 0) is 30.4 Å². The minimum absolute atomic E-state index is 0.0566. The summed E-state index contributed by atoms with van der Waals surface area (Å²) in [4.78, 5) is 23.4. The summed E-state index contributed by atoms with van der Waals surface area (Å²) in [6.07, 6.45) is 3.55. The number of methoxy groups -OCH3 is 2. The van der Waals surface area contributed by atoms with Gasteiger partial charge in [-0.05, 0) is 29.9 Å². The topological polar surface area (TPSA) is 91.3 Å². The summed E-state index contributed by atoms with van der Waals surface area (Å²) in [5.74, 6) is 0.283. The van der Waals surface area contributed by atoms with Gasteiger partial charge in [-0.1, -0.05) is 61.4 Å². The number of ether oxygens (including phenoxy) is 4. The number of hydrogen-bond donors (Lipinski definition) is 1. The molecule has 0 saturated heterocycles. The van der Waals surface area contributed by atoms with Crippen LogP contribution >= 0.6 is 11.8 Å². The van der Waals surface area contributed by atoms with Crippen molar-refractivity contribution in [1.29, 1.82) is 0 Å². The van der Waals surface area contributed by atoms with Crippen LogP contribution in [-0.4, -0.2) is 56.3 Å². The third-order valence-electron chi connectivity index (χ3n) is 6.10. The lowest BCUT2D eigenvalue weighted by Crippen LogP contribution is -2.26. The molecule has 1 saturated carbocycles. The minimum Gasteiger partial charge on any atom is -0.488 e. The fourth-order valence-electron chi connectivity index (χ4n) is 4.29. The number of esters is 2. The van der Waals surface area contributed by atoms with Crippen LogP contribution in [0.3, 0.4) is 0 Å². The molecule has 190 valence electrons. The average Bonchev–Trinajstić information content (AvgIpc) is 3.43. The van der Waals surface area contributed by atoms with E-state index in [1.54, 1.807) is 0 Å². The molecule has 0 heterocycles. The van der Waals surface area contributed by atoms with Crippen LogP contribution in [0.15, 0.2) is 48.5 Å². The van der Waals surface area contributed by atoms with Gasteiger partial charge in [-0.2, -0.15) is 0 Å². The van der Waals surface area contributed by atoms with E-state index in [1.165, 1.54) is 38.8 Å². The summed E-state index contributed by atoms with van der Waals surface area (Å²) >= 11 is 1.27. The number of hydrogen-bond acceptors (Lipinski definition) is 8. The molecule has 0 amide bonds. The van der Waals surface area contributed by atoms with E-state index in [0.717, 1.165) is 35.3 Å². The Hall–Kier alpha value is -2.55. The van der Waals surface area contributed by atoms with Gasteiger partial charge >= 0.3 is 11.9 Å². The highest BCUT2D eigenvalue weighted by Crippen LogP contribution is 2.45. The van der Waals surface area contributed by atoms with Gasteiger partial charge in [0, 0.05) is 5.56 Å². The predicted molar refractivity (Wildman–Crippen MR) is 134 cm³/mol. The Labute approximate surface area is 211 Å². The van der Waals surface area contributed by atoms with Crippen molar-refractivity contribution in [3.63, 3.8) is 0 Å². The summed E-state index contributed by atoms with van der Waals surface area (Å²) in [7, 11) is 2.62. The van der Waals surface area contributed by atoms with Crippen molar-refractivity contribution in [2.75, 3.05) is 33.2 Å². The van der Waals surface area contributed by atoms with E-state index in [1.807, 2.05) is 42.5 Å². The van der Waals surface area contributed by atoms with Gasteiger partial charge in [0.15, 0.2) is 0 Å². The quantitative estimate of drug-likeness (QED) is 0.403. The highest BCUT2D eigenvalue weighted by molar-refractivity contribution is 8.00. The van der Waals surface area contributed by atoms with Crippen LogP contribution in [0.4, 0.5) is 0 Å². The third kappa shape index (κ3) is 7.98. The number of aliphatic hydroxyl groups is 1. The van der Waals surface area contributed by atoms with E-state index < -0.39 is 17.3 Å². The molecule has 1 aliphatic carbocycles. The molecule has 0 radical (unpaired) electrons. The lowest BCUT2D eigenvalue weighted by atomic mass is 9.92. The largest absolute Gasteiger partial charge is 0.488 e. The molecular formula is C27H34O7S. The monoisotopic (exact) mass is 502 g/mol. The molecule has 2 aromatic carbocycles. The Kier molecular flexibility index (Phi) is 10.9. The first-order valence-electron chi connectivity index (χ1n) is 11.8. The Bertz CT molecular complexity index is 944. The van der Waals surface area contributed by atoms with E-state index in [-0.39, 0.29) is 24.9 Å². The van der Waals surface area contributed by atoms with Gasteiger partial charge in [0.05, 0.1) is 37.9 Å². The Morgan fingerprint density at radius 3 is 2.40 bits per heavy atom. The fraction of sp³-hybridized carbons (Fsp3) is 0.481. The smallest absolute Gasteiger partial charge is 0.331 e. The van der Waals surface area contributed by atoms with Gasteiger partial charge in [0.2, 0.25) is 0 Å². The highest BCUT2D eigenvalue weighted by atomic mass is 32.2. The zero-order valence-electron chi connectivity index (χ0n) is 20.3. The summed E-state index contributed by atoms with van der Waals surface area (Å²) < 4.78 is 21.2. The molecular weight excluding hydrogens is 468 g/mol. The van der Waals surface area contributed by atoms with Crippen LogP contribution < -0.4 is 4.74 Å². The van der Waals surface area contributed by atoms with Crippen molar-refractivity contribution in [3.8, 4) is 5.75 Å². The van der Waals surface area contributed by atoms with Crippen molar-refractivity contribution in [1.82, 2.24) is 0 Å². The molecule has 1 fully saturated rings. The number of carbonyl (C=O) groups excluding carboxylic acids is 2. The SMILES string of the molecule is COC(=O)COCC(O)C(SCC(=O)OC)c1cccc(C2CCCC2)c1OCc1ccccc1. The van der Waals surface area contributed by atoms with E-state index >= 15 is 0 Å². The first-order chi connectivity index (χ1) is 17.0.